The molecule has 1 heterocycles. The van der Waals surface area contributed by atoms with E-state index in [9.17, 15) is 4.79 Å². The summed E-state index contributed by atoms with van der Waals surface area (Å²) in [6.07, 6.45) is 5.85. The fourth-order valence-electron chi connectivity index (χ4n) is 2.37. The molecule has 5 nitrogen and oxygen atoms in total. The molecule has 0 aliphatic heterocycles. The van der Waals surface area contributed by atoms with E-state index in [2.05, 4.69) is 10.3 Å². The Morgan fingerprint density at radius 3 is 2.68 bits per heavy atom. The number of hydrogen-bond donors (Lipinski definition) is 1. The minimum atomic E-state index is -0.0680. The minimum absolute atomic E-state index is 0.0680. The molecule has 1 aromatic rings. The lowest BCUT2D eigenvalue weighted by Crippen LogP contribution is -2.38. The van der Waals surface area contributed by atoms with Crippen LogP contribution in [0.1, 0.15) is 36.0 Å². The van der Waals surface area contributed by atoms with E-state index in [-0.39, 0.29) is 11.9 Å². The number of carbonyl (C=O) groups is 1. The predicted molar refractivity (Wildman–Crippen MR) is 71.3 cm³/mol. The first-order chi connectivity index (χ1) is 9.22. The highest BCUT2D eigenvalue weighted by Gasteiger charge is 2.22. The molecule has 0 atom stereocenters. The smallest absolute Gasteiger partial charge is 0.251 e. The van der Waals surface area contributed by atoms with E-state index in [1.807, 2.05) is 0 Å². The van der Waals surface area contributed by atoms with E-state index in [0.29, 0.717) is 17.5 Å². The number of methoxy groups -OCH3 is 2. The molecular formula is C14H20N2O3. The number of amides is 1. The lowest BCUT2D eigenvalue weighted by atomic mass is 9.93. The molecule has 0 spiro atoms. The van der Waals surface area contributed by atoms with E-state index < -0.39 is 0 Å². The molecule has 1 N–H and O–H groups in total. The van der Waals surface area contributed by atoms with Crippen molar-refractivity contribution >= 4 is 5.91 Å². The van der Waals surface area contributed by atoms with Crippen molar-refractivity contribution in [2.24, 2.45) is 0 Å². The van der Waals surface area contributed by atoms with Gasteiger partial charge in [0.15, 0.2) is 0 Å². The molecule has 5 heteroatoms. The van der Waals surface area contributed by atoms with Gasteiger partial charge in [-0.1, -0.05) is 0 Å². The largest absolute Gasteiger partial charge is 0.481 e. The van der Waals surface area contributed by atoms with Gasteiger partial charge in [-0.3, -0.25) is 4.79 Å². The van der Waals surface area contributed by atoms with Gasteiger partial charge in [0.25, 0.3) is 5.91 Å². The highest BCUT2D eigenvalue weighted by Crippen LogP contribution is 2.21. The van der Waals surface area contributed by atoms with Crippen molar-refractivity contribution in [3.63, 3.8) is 0 Å². The SMILES string of the molecule is COc1cc(C(=O)NC2CCC(OC)CC2)ccn1. The van der Waals surface area contributed by atoms with Crippen LogP contribution in [0.4, 0.5) is 0 Å². The van der Waals surface area contributed by atoms with Crippen LogP contribution < -0.4 is 10.1 Å². The number of nitrogens with zero attached hydrogens (tertiary/aromatic N) is 1. The molecule has 1 aliphatic rings. The molecule has 1 saturated carbocycles. The number of aromatic nitrogens is 1. The van der Waals surface area contributed by atoms with Crippen LogP contribution in [-0.2, 0) is 4.74 Å². The molecule has 104 valence electrons. The van der Waals surface area contributed by atoms with Gasteiger partial charge in [-0.2, -0.15) is 0 Å². The zero-order chi connectivity index (χ0) is 13.7. The molecule has 1 amide bonds. The van der Waals surface area contributed by atoms with Crippen molar-refractivity contribution in [2.75, 3.05) is 14.2 Å². The van der Waals surface area contributed by atoms with Crippen molar-refractivity contribution in [1.82, 2.24) is 10.3 Å². The molecule has 0 aromatic carbocycles. The Hall–Kier alpha value is -1.62. The van der Waals surface area contributed by atoms with E-state index in [1.165, 1.54) is 7.11 Å². The van der Waals surface area contributed by atoms with Crippen LogP contribution in [0.25, 0.3) is 0 Å². The van der Waals surface area contributed by atoms with Crippen LogP contribution in [-0.4, -0.2) is 37.3 Å². The summed E-state index contributed by atoms with van der Waals surface area (Å²) in [6.45, 7) is 0. The van der Waals surface area contributed by atoms with Crippen LogP contribution in [0, 0.1) is 0 Å². The molecule has 0 bridgehead atoms. The Labute approximate surface area is 113 Å². The first-order valence-corrected chi connectivity index (χ1v) is 6.56. The zero-order valence-corrected chi connectivity index (χ0v) is 11.4. The van der Waals surface area contributed by atoms with Crippen molar-refractivity contribution in [1.29, 1.82) is 0 Å². The number of pyridine rings is 1. The van der Waals surface area contributed by atoms with Gasteiger partial charge in [0.1, 0.15) is 0 Å². The predicted octanol–water partition coefficient (Wildman–Crippen LogP) is 1.78. The van der Waals surface area contributed by atoms with Gasteiger partial charge < -0.3 is 14.8 Å². The molecule has 0 saturated heterocycles. The molecule has 0 radical (unpaired) electrons. The summed E-state index contributed by atoms with van der Waals surface area (Å²) in [6, 6.07) is 3.58. The second-order valence-electron chi connectivity index (χ2n) is 4.77. The third-order valence-corrected chi connectivity index (χ3v) is 3.55. The number of hydrogen-bond acceptors (Lipinski definition) is 4. The zero-order valence-electron chi connectivity index (χ0n) is 11.4. The van der Waals surface area contributed by atoms with Gasteiger partial charge in [0.05, 0.1) is 13.2 Å². The molecule has 2 rings (SSSR count). The number of carbonyl (C=O) groups excluding carboxylic acids is 1. The standard InChI is InChI=1S/C14H20N2O3/c1-18-12-5-3-11(4-6-12)16-14(17)10-7-8-15-13(9-10)19-2/h7-9,11-12H,3-6H2,1-2H3,(H,16,17). The maximum atomic E-state index is 12.1. The fraction of sp³-hybridized carbons (Fsp3) is 0.571. The average molecular weight is 264 g/mol. The Kier molecular flexibility index (Phi) is 4.74. The average Bonchev–Trinajstić information content (AvgIpc) is 2.48. The molecule has 1 fully saturated rings. The lowest BCUT2D eigenvalue weighted by molar-refractivity contribution is 0.0599. The van der Waals surface area contributed by atoms with Gasteiger partial charge in [-0.15, -0.1) is 0 Å². The summed E-state index contributed by atoms with van der Waals surface area (Å²) in [5.41, 5.74) is 0.584. The van der Waals surface area contributed by atoms with Crippen LogP contribution >= 0.6 is 0 Å². The molecule has 1 aromatic heterocycles. The topological polar surface area (TPSA) is 60.5 Å². The Morgan fingerprint density at radius 2 is 2.05 bits per heavy atom. The first-order valence-electron chi connectivity index (χ1n) is 6.56. The Morgan fingerprint density at radius 1 is 1.32 bits per heavy atom. The third kappa shape index (κ3) is 3.67. The van der Waals surface area contributed by atoms with Crippen molar-refractivity contribution in [3.05, 3.63) is 23.9 Å². The van der Waals surface area contributed by atoms with Crippen molar-refractivity contribution in [2.45, 2.75) is 37.8 Å². The molecule has 19 heavy (non-hydrogen) atoms. The number of nitrogens with one attached hydrogen (secondary N) is 1. The second-order valence-corrected chi connectivity index (χ2v) is 4.77. The Bertz CT molecular complexity index is 428. The minimum Gasteiger partial charge on any atom is -0.481 e. The van der Waals surface area contributed by atoms with Crippen molar-refractivity contribution in [3.8, 4) is 5.88 Å². The quantitative estimate of drug-likeness (QED) is 0.900. The van der Waals surface area contributed by atoms with E-state index in [1.54, 1.807) is 25.4 Å². The summed E-state index contributed by atoms with van der Waals surface area (Å²) in [7, 11) is 3.28. The highest BCUT2D eigenvalue weighted by atomic mass is 16.5. The lowest BCUT2D eigenvalue weighted by Gasteiger charge is -2.28. The van der Waals surface area contributed by atoms with Gasteiger partial charge in [-0.05, 0) is 31.7 Å². The maximum absolute atomic E-state index is 12.1. The Balaban J connectivity index is 1.90. The van der Waals surface area contributed by atoms with Gasteiger partial charge >= 0.3 is 0 Å². The molecule has 1 aliphatic carbocycles. The fourth-order valence-corrected chi connectivity index (χ4v) is 2.37. The van der Waals surface area contributed by atoms with Gasteiger partial charge in [0, 0.05) is 31.0 Å². The second kappa shape index (κ2) is 6.52. The molecule has 0 unspecified atom stereocenters. The third-order valence-electron chi connectivity index (χ3n) is 3.55. The van der Waals surface area contributed by atoms with Crippen LogP contribution in [0.3, 0.4) is 0 Å². The van der Waals surface area contributed by atoms with E-state index >= 15 is 0 Å². The van der Waals surface area contributed by atoms with Crippen LogP contribution in [0.15, 0.2) is 18.3 Å². The summed E-state index contributed by atoms with van der Waals surface area (Å²) >= 11 is 0. The van der Waals surface area contributed by atoms with Gasteiger partial charge in [0.2, 0.25) is 5.88 Å². The summed E-state index contributed by atoms with van der Waals surface area (Å²) in [4.78, 5) is 16.1. The normalized spacial score (nSPS) is 22.8. The van der Waals surface area contributed by atoms with Gasteiger partial charge in [-0.25, -0.2) is 4.98 Å². The maximum Gasteiger partial charge on any atom is 0.251 e. The van der Waals surface area contributed by atoms with E-state index in [0.717, 1.165) is 25.7 Å². The monoisotopic (exact) mass is 264 g/mol. The first kappa shape index (κ1) is 13.8. The number of rotatable bonds is 4. The number of ether oxygens (including phenoxy) is 2. The summed E-state index contributed by atoms with van der Waals surface area (Å²) in [5.74, 6) is 0.386. The summed E-state index contributed by atoms with van der Waals surface area (Å²) in [5, 5.41) is 3.05. The highest BCUT2D eigenvalue weighted by molar-refractivity contribution is 5.94. The van der Waals surface area contributed by atoms with Crippen LogP contribution in [0.5, 0.6) is 5.88 Å². The van der Waals surface area contributed by atoms with Crippen molar-refractivity contribution < 1.29 is 14.3 Å². The van der Waals surface area contributed by atoms with Crippen LogP contribution in [0.2, 0.25) is 0 Å². The molecular weight excluding hydrogens is 244 g/mol. The summed E-state index contributed by atoms with van der Waals surface area (Å²) < 4.78 is 10.3. The van der Waals surface area contributed by atoms with E-state index in [4.69, 9.17) is 9.47 Å².